The largest absolute Gasteiger partial charge is 0.497 e. The molecular weight excluding hydrogens is 496 g/mol. The lowest BCUT2D eigenvalue weighted by Gasteiger charge is -2.54. The number of aryl methyl sites for hydroxylation is 4. The molecule has 0 radical (unpaired) electrons. The highest BCUT2D eigenvalue weighted by atomic mass is 16.5. The summed E-state index contributed by atoms with van der Waals surface area (Å²) in [5.74, 6) is 4.39. The van der Waals surface area contributed by atoms with Gasteiger partial charge in [-0.15, -0.1) is 0 Å². The zero-order valence-corrected chi connectivity index (χ0v) is 24.9. The SMILES string of the molecule is COc1cc(C)cc(C2C(c3cc(C)cc(OC)c3)C(c3cc(C)cc(OC)c3)C2c2cc(C)cc(OC)c2)c1. The normalized spacial score (nSPS) is 20.0. The van der Waals surface area contributed by atoms with E-state index in [0.717, 1.165) is 23.0 Å². The lowest BCUT2D eigenvalue weighted by atomic mass is 9.49. The molecule has 0 bridgehead atoms. The van der Waals surface area contributed by atoms with Gasteiger partial charge in [0.15, 0.2) is 0 Å². The van der Waals surface area contributed by atoms with Gasteiger partial charge in [-0.2, -0.15) is 0 Å². The summed E-state index contributed by atoms with van der Waals surface area (Å²) in [5, 5.41) is 0. The molecule has 4 heteroatoms. The van der Waals surface area contributed by atoms with Gasteiger partial charge in [0.05, 0.1) is 28.4 Å². The molecule has 1 saturated carbocycles. The Kier molecular flexibility index (Phi) is 7.80. The van der Waals surface area contributed by atoms with Gasteiger partial charge in [-0.1, -0.05) is 24.3 Å². The van der Waals surface area contributed by atoms with E-state index >= 15 is 0 Å². The Balaban J connectivity index is 1.79. The molecule has 4 aromatic carbocycles. The average molecular weight is 537 g/mol. The number of rotatable bonds is 8. The Hall–Kier alpha value is -3.92. The Morgan fingerprint density at radius 2 is 0.525 bits per heavy atom. The Morgan fingerprint density at radius 3 is 0.700 bits per heavy atom. The minimum atomic E-state index is 0.211. The molecule has 5 rings (SSSR count). The van der Waals surface area contributed by atoms with Gasteiger partial charge in [0, 0.05) is 0 Å². The molecule has 208 valence electrons. The molecular formula is C36H40O4. The molecule has 0 spiro atoms. The minimum absolute atomic E-state index is 0.211. The minimum Gasteiger partial charge on any atom is -0.497 e. The molecule has 0 amide bonds. The number of ether oxygens (including phenoxy) is 4. The van der Waals surface area contributed by atoms with Crippen molar-refractivity contribution in [2.75, 3.05) is 28.4 Å². The monoisotopic (exact) mass is 536 g/mol. The molecule has 1 fully saturated rings. The van der Waals surface area contributed by atoms with Crippen LogP contribution >= 0.6 is 0 Å². The quantitative estimate of drug-likeness (QED) is 0.227. The van der Waals surface area contributed by atoms with Crippen molar-refractivity contribution in [3.63, 3.8) is 0 Å². The van der Waals surface area contributed by atoms with Crippen molar-refractivity contribution in [3.05, 3.63) is 117 Å². The second kappa shape index (κ2) is 11.3. The first-order valence-electron chi connectivity index (χ1n) is 13.9. The molecule has 40 heavy (non-hydrogen) atoms. The van der Waals surface area contributed by atoms with E-state index in [4.69, 9.17) is 18.9 Å². The molecule has 4 aromatic rings. The third-order valence-corrected chi connectivity index (χ3v) is 8.32. The van der Waals surface area contributed by atoms with Crippen LogP contribution in [0.5, 0.6) is 23.0 Å². The maximum Gasteiger partial charge on any atom is 0.119 e. The van der Waals surface area contributed by atoms with E-state index in [2.05, 4.69) is 100 Å². The van der Waals surface area contributed by atoms with Gasteiger partial charge >= 0.3 is 0 Å². The van der Waals surface area contributed by atoms with Crippen molar-refractivity contribution in [2.45, 2.75) is 51.4 Å². The van der Waals surface area contributed by atoms with Gasteiger partial charge in [0.25, 0.3) is 0 Å². The third kappa shape index (κ3) is 5.28. The van der Waals surface area contributed by atoms with E-state index in [1.165, 1.54) is 44.5 Å². The summed E-state index contributed by atoms with van der Waals surface area (Å²) in [5.41, 5.74) is 9.89. The number of hydrogen-bond donors (Lipinski definition) is 0. The van der Waals surface area contributed by atoms with Gasteiger partial charge in [0.2, 0.25) is 0 Å². The third-order valence-electron chi connectivity index (χ3n) is 8.32. The van der Waals surface area contributed by atoms with Crippen LogP contribution in [0.4, 0.5) is 0 Å². The van der Waals surface area contributed by atoms with Crippen LogP contribution in [0.15, 0.2) is 72.8 Å². The van der Waals surface area contributed by atoms with E-state index in [1.54, 1.807) is 28.4 Å². The fraction of sp³-hybridized carbons (Fsp3) is 0.333. The van der Waals surface area contributed by atoms with Crippen molar-refractivity contribution in [2.24, 2.45) is 0 Å². The summed E-state index contributed by atoms with van der Waals surface area (Å²) in [7, 11) is 6.97. The zero-order valence-electron chi connectivity index (χ0n) is 24.9. The van der Waals surface area contributed by atoms with Gasteiger partial charge in [-0.05, 0) is 144 Å². The highest BCUT2D eigenvalue weighted by Gasteiger charge is 2.53. The average Bonchev–Trinajstić information content (AvgIpc) is 2.91. The highest BCUT2D eigenvalue weighted by Crippen LogP contribution is 2.67. The van der Waals surface area contributed by atoms with Crippen LogP contribution in [0.25, 0.3) is 0 Å². The summed E-state index contributed by atoms with van der Waals surface area (Å²) in [6.45, 7) is 8.57. The summed E-state index contributed by atoms with van der Waals surface area (Å²) in [4.78, 5) is 0. The fourth-order valence-corrected chi connectivity index (χ4v) is 6.75. The topological polar surface area (TPSA) is 36.9 Å². The predicted octanol–water partition coefficient (Wildman–Crippen LogP) is 8.40. The first-order chi connectivity index (χ1) is 19.2. The molecule has 0 saturated heterocycles. The van der Waals surface area contributed by atoms with Crippen LogP contribution in [0.3, 0.4) is 0 Å². The van der Waals surface area contributed by atoms with E-state index in [-0.39, 0.29) is 23.7 Å². The standard InChI is InChI=1S/C36H40O4/c1-21-9-25(17-29(13-21)37-5)33-34(26-10-22(2)14-30(18-26)38-6)36(28-12-24(4)16-32(20-28)40-8)35(33)27-11-23(3)15-31(19-27)39-7/h9-20,33-36H,1-8H3. The summed E-state index contributed by atoms with van der Waals surface area (Å²) < 4.78 is 23.0. The van der Waals surface area contributed by atoms with E-state index in [1.807, 2.05) is 0 Å². The maximum absolute atomic E-state index is 5.75. The molecule has 0 aromatic heterocycles. The van der Waals surface area contributed by atoms with Gasteiger partial charge in [0.1, 0.15) is 23.0 Å². The molecule has 0 unspecified atom stereocenters. The smallest absolute Gasteiger partial charge is 0.119 e. The maximum atomic E-state index is 5.75. The number of methoxy groups -OCH3 is 4. The molecule has 1 aliphatic rings. The zero-order chi connectivity index (χ0) is 28.6. The van der Waals surface area contributed by atoms with Crippen molar-refractivity contribution in [1.29, 1.82) is 0 Å². The van der Waals surface area contributed by atoms with Gasteiger partial charge < -0.3 is 18.9 Å². The molecule has 1 aliphatic carbocycles. The second-order valence-electron chi connectivity index (χ2n) is 11.2. The van der Waals surface area contributed by atoms with Crippen LogP contribution in [-0.2, 0) is 0 Å². The van der Waals surface area contributed by atoms with Crippen molar-refractivity contribution in [3.8, 4) is 23.0 Å². The van der Waals surface area contributed by atoms with E-state index < -0.39 is 0 Å². The Morgan fingerprint density at radius 1 is 0.325 bits per heavy atom. The molecule has 4 nitrogen and oxygen atoms in total. The van der Waals surface area contributed by atoms with Crippen LogP contribution in [-0.4, -0.2) is 28.4 Å². The Bertz CT molecular complexity index is 1280. The van der Waals surface area contributed by atoms with E-state index in [9.17, 15) is 0 Å². The molecule has 0 atom stereocenters. The van der Waals surface area contributed by atoms with Gasteiger partial charge in [-0.25, -0.2) is 0 Å². The summed E-state index contributed by atoms with van der Waals surface area (Å²) in [6.07, 6.45) is 0. The molecule has 0 aliphatic heterocycles. The Labute approximate surface area is 238 Å². The molecule has 0 N–H and O–H groups in total. The predicted molar refractivity (Wildman–Crippen MR) is 162 cm³/mol. The van der Waals surface area contributed by atoms with Crippen LogP contribution in [0.1, 0.15) is 68.2 Å². The lowest BCUT2D eigenvalue weighted by molar-refractivity contribution is 0.226. The van der Waals surface area contributed by atoms with E-state index in [0.29, 0.717) is 0 Å². The number of hydrogen-bond acceptors (Lipinski definition) is 4. The van der Waals surface area contributed by atoms with Crippen LogP contribution in [0.2, 0.25) is 0 Å². The summed E-state index contributed by atoms with van der Waals surface area (Å²) in [6, 6.07) is 26.5. The lowest BCUT2D eigenvalue weighted by Crippen LogP contribution is -2.40. The first kappa shape index (κ1) is 27.6. The molecule has 0 heterocycles. The second-order valence-corrected chi connectivity index (χ2v) is 11.2. The van der Waals surface area contributed by atoms with Crippen LogP contribution < -0.4 is 18.9 Å². The van der Waals surface area contributed by atoms with Crippen molar-refractivity contribution in [1.82, 2.24) is 0 Å². The van der Waals surface area contributed by atoms with Crippen molar-refractivity contribution >= 4 is 0 Å². The summed E-state index contributed by atoms with van der Waals surface area (Å²) >= 11 is 0. The van der Waals surface area contributed by atoms with Gasteiger partial charge in [-0.3, -0.25) is 0 Å². The highest BCUT2D eigenvalue weighted by molar-refractivity contribution is 5.54. The van der Waals surface area contributed by atoms with Crippen molar-refractivity contribution < 1.29 is 18.9 Å². The fourth-order valence-electron chi connectivity index (χ4n) is 6.75. The first-order valence-corrected chi connectivity index (χ1v) is 13.9. The number of benzene rings is 4. The van der Waals surface area contributed by atoms with Crippen LogP contribution in [0, 0.1) is 27.7 Å².